The van der Waals surface area contributed by atoms with Gasteiger partial charge >= 0.3 is 7.01 Å². The van der Waals surface area contributed by atoms with Crippen molar-refractivity contribution >= 4 is 14.2 Å². The molecule has 0 aliphatic rings. The Morgan fingerprint density at radius 2 is 2.17 bits per heavy atom. The van der Waals surface area contributed by atoms with Gasteiger partial charge in [0.25, 0.3) is 0 Å². The van der Waals surface area contributed by atoms with Gasteiger partial charge in [0, 0.05) is 0 Å². The summed E-state index contributed by atoms with van der Waals surface area (Å²) in [6.07, 6.45) is 0.706. The van der Waals surface area contributed by atoms with Crippen LogP contribution in [0.5, 0.6) is 0 Å². The highest BCUT2D eigenvalue weighted by atomic mass is 16.4. The first kappa shape index (κ1) is 6.05. The average molecular weight is 84.7 g/mol. The smallest absolute Gasteiger partial charge is 0.392 e. The zero-order chi connectivity index (χ0) is 4.99. The van der Waals surface area contributed by atoms with Crippen LogP contribution in [0.25, 0.3) is 0 Å². The maximum absolute atomic E-state index is 8.05. The van der Waals surface area contributed by atoms with E-state index in [1.165, 1.54) is 7.17 Å². The summed E-state index contributed by atoms with van der Waals surface area (Å²) in [6.45, 7) is 1.85. The molecule has 0 aromatic heterocycles. The van der Waals surface area contributed by atoms with E-state index in [1.807, 2.05) is 6.92 Å². The fourth-order valence-corrected chi connectivity index (χ4v) is 0.211. The lowest BCUT2D eigenvalue weighted by Crippen LogP contribution is -2.19. The topological polar surface area (TPSA) is 40.5 Å². The Kier molecular flexibility index (Phi) is 3.27. The Morgan fingerprint density at radius 1 is 1.67 bits per heavy atom. The second kappa shape index (κ2) is 3.25. The van der Waals surface area contributed by atoms with Crippen molar-refractivity contribution in [3.8, 4) is 0 Å². The van der Waals surface area contributed by atoms with Gasteiger partial charge in [0.05, 0.1) is 0 Å². The predicted octanol–water partition coefficient (Wildman–Crippen LogP) is -0.902. The molecule has 0 unspecified atom stereocenters. The third-order valence-electron chi connectivity index (χ3n) is 0.447. The zero-order valence-electron chi connectivity index (χ0n) is 3.76. The molecule has 0 aromatic carbocycles. The molecule has 4 heteroatoms. The van der Waals surface area contributed by atoms with E-state index in [0.29, 0.717) is 6.32 Å². The van der Waals surface area contributed by atoms with Crippen LogP contribution in [0.2, 0.25) is 6.32 Å². The van der Waals surface area contributed by atoms with E-state index in [0.717, 1.165) is 0 Å². The molecule has 0 atom stereocenters. The second-order valence-electron chi connectivity index (χ2n) is 1.06. The molecular formula is C2H7B2O2. The molecule has 0 heterocycles. The standard InChI is InChI=1S/C2H7B2O2/c1-2-3-4(5)6/h5-6H,2H2,1H3. The summed E-state index contributed by atoms with van der Waals surface area (Å²) in [5.74, 6) is 0. The van der Waals surface area contributed by atoms with Gasteiger partial charge in [0.15, 0.2) is 7.17 Å². The predicted molar refractivity (Wildman–Crippen MR) is 26.4 cm³/mol. The first-order valence-corrected chi connectivity index (χ1v) is 1.97. The molecular weight excluding hydrogens is 77.6 g/mol. The summed E-state index contributed by atoms with van der Waals surface area (Å²) < 4.78 is 0. The third-order valence-corrected chi connectivity index (χ3v) is 0.447. The van der Waals surface area contributed by atoms with Crippen molar-refractivity contribution in [2.45, 2.75) is 13.2 Å². The van der Waals surface area contributed by atoms with Crippen molar-refractivity contribution in [3.05, 3.63) is 0 Å². The number of rotatable bonds is 2. The molecule has 0 saturated carbocycles. The summed E-state index contributed by atoms with van der Waals surface area (Å²) in [4.78, 5) is 0. The summed E-state index contributed by atoms with van der Waals surface area (Å²) in [5, 5.41) is 16.1. The SMILES string of the molecule is CC[B]B(O)O. The van der Waals surface area contributed by atoms with E-state index in [1.54, 1.807) is 0 Å². The fourth-order valence-electron chi connectivity index (χ4n) is 0.211. The van der Waals surface area contributed by atoms with Crippen molar-refractivity contribution in [2.24, 2.45) is 0 Å². The highest BCUT2D eigenvalue weighted by molar-refractivity contribution is 7.04. The van der Waals surface area contributed by atoms with Gasteiger partial charge in [-0.3, -0.25) is 0 Å². The van der Waals surface area contributed by atoms with Crippen molar-refractivity contribution in [1.82, 2.24) is 0 Å². The monoisotopic (exact) mass is 85.1 g/mol. The molecule has 0 fully saturated rings. The molecule has 0 bridgehead atoms. The second-order valence-corrected chi connectivity index (χ2v) is 1.06. The highest BCUT2D eigenvalue weighted by Crippen LogP contribution is 1.71. The molecule has 0 rings (SSSR count). The molecule has 6 heavy (non-hydrogen) atoms. The van der Waals surface area contributed by atoms with E-state index in [9.17, 15) is 0 Å². The van der Waals surface area contributed by atoms with Crippen LogP contribution in [-0.2, 0) is 0 Å². The van der Waals surface area contributed by atoms with Crippen molar-refractivity contribution in [3.63, 3.8) is 0 Å². The lowest BCUT2D eigenvalue weighted by Gasteiger charge is -1.86. The van der Waals surface area contributed by atoms with Crippen LogP contribution >= 0.6 is 0 Å². The maximum Gasteiger partial charge on any atom is 0.392 e. The van der Waals surface area contributed by atoms with Crippen molar-refractivity contribution in [2.75, 3.05) is 0 Å². The zero-order valence-corrected chi connectivity index (χ0v) is 3.76. The molecule has 0 amide bonds. The Hall–Kier alpha value is 0.0499. The molecule has 2 nitrogen and oxygen atoms in total. The normalized spacial score (nSPS) is 7.83. The minimum Gasteiger partial charge on any atom is -0.434 e. The Bertz CT molecular complexity index is 30.7. The minimum absolute atomic E-state index is 0.706. The van der Waals surface area contributed by atoms with Gasteiger partial charge < -0.3 is 10.0 Å². The van der Waals surface area contributed by atoms with Gasteiger partial charge in [0.2, 0.25) is 0 Å². The molecule has 0 aliphatic heterocycles. The minimum atomic E-state index is -1.23. The molecule has 0 aliphatic carbocycles. The lowest BCUT2D eigenvalue weighted by atomic mass is 9.43. The molecule has 0 aromatic rings. The van der Waals surface area contributed by atoms with Crippen LogP contribution in [0.1, 0.15) is 6.92 Å². The third kappa shape index (κ3) is 4.05. The highest BCUT2D eigenvalue weighted by Gasteiger charge is 2.02. The first-order chi connectivity index (χ1) is 2.77. The van der Waals surface area contributed by atoms with Gasteiger partial charge in [-0.05, 0) is 0 Å². The number of hydrogen-bond acceptors (Lipinski definition) is 2. The molecule has 0 spiro atoms. The van der Waals surface area contributed by atoms with Crippen LogP contribution in [0.4, 0.5) is 0 Å². The van der Waals surface area contributed by atoms with E-state index in [-0.39, 0.29) is 0 Å². The van der Waals surface area contributed by atoms with Gasteiger partial charge in [-0.1, -0.05) is 13.2 Å². The Morgan fingerprint density at radius 3 is 2.17 bits per heavy atom. The summed E-state index contributed by atoms with van der Waals surface area (Å²) in [5.41, 5.74) is 0. The van der Waals surface area contributed by atoms with Gasteiger partial charge in [0.1, 0.15) is 0 Å². The Balaban J connectivity index is 2.63. The average Bonchev–Trinajstić information content (AvgIpc) is 1.35. The van der Waals surface area contributed by atoms with Crippen molar-refractivity contribution < 1.29 is 10.0 Å². The van der Waals surface area contributed by atoms with Crippen LogP contribution in [0, 0.1) is 0 Å². The molecule has 0 saturated heterocycles. The van der Waals surface area contributed by atoms with Crippen LogP contribution < -0.4 is 0 Å². The summed E-state index contributed by atoms with van der Waals surface area (Å²) in [6, 6.07) is 0. The van der Waals surface area contributed by atoms with Gasteiger partial charge in [-0.15, -0.1) is 0 Å². The largest absolute Gasteiger partial charge is 0.434 e. The van der Waals surface area contributed by atoms with E-state index >= 15 is 0 Å². The van der Waals surface area contributed by atoms with Crippen molar-refractivity contribution in [1.29, 1.82) is 0 Å². The molecule has 1 radical (unpaired) electrons. The van der Waals surface area contributed by atoms with Crippen LogP contribution in [-0.4, -0.2) is 24.2 Å². The summed E-state index contributed by atoms with van der Waals surface area (Å²) >= 11 is 0. The van der Waals surface area contributed by atoms with E-state index in [2.05, 4.69) is 0 Å². The van der Waals surface area contributed by atoms with E-state index in [4.69, 9.17) is 10.0 Å². The summed E-state index contributed by atoms with van der Waals surface area (Å²) in [7, 11) is 0.176. The van der Waals surface area contributed by atoms with Gasteiger partial charge in [-0.2, -0.15) is 0 Å². The number of hydrogen-bond donors (Lipinski definition) is 2. The van der Waals surface area contributed by atoms with Crippen LogP contribution in [0.3, 0.4) is 0 Å². The molecule has 33 valence electrons. The van der Waals surface area contributed by atoms with Crippen LogP contribution in [0.15, 0.2) is 0 Å². The Labute approximate surface area is 38.6 Å². The quantitative estimate of drug-likeness (QED) is 0.426. The maximum atomic E-state index is 8.05. The fraction of sp³-hybridized carbons (Fsp3) is 1.00. The van der Waals surface area contributed by atoms with E-state index < -0.39 is 7.01 Å². The molecule has 2 N–H and O–H groups in total. The van der Waals surface area contributed by atoms with Gasteiger partial charge in [-0.25, -0.2) is 0 Å². The lowest BCUT2D eigenvalue weighted by molar-refractivity contribution is 0.434. The first-order valence-electron chi connectivity index (χ1n) is 1.97.